The Balaban J connectivity index is 2.17. The van der Waals surface area contributed by atoms with Gasteiger partial charge >= 0.3 is 0 Å². The van der Waals surface area contributed by atoms with Gasteiger partial charge in [-0.1, -0.05) is 0 Å². The molecule has 1 unspecified atom stereocenters. The Bertz CT molecular complexity index is 379. The van der Waals surface area contributed by atoms with Crippen molar-refractivity contribution in [3.63, 3.8) is 0 Å². The molecule has 15 heavy (non-hydrogen) atoms. The van der Waals surface area contributed by atoms with Crippen LogP contribution in [0.4, 0.5) is 5.69 Å². The predicted octanol–water partition coefficient (Wildman–Crippen LogP) is -0.186. The molecule has 2 N–H and O–H groups in total. The summed E-state index contributed by atoms with van der Waals surface area (Å²) in [6.45, 7) is 0.571. The number of aromatic nitrogens is 2. The summed E-state index contributed by atoms with van der Waals surface area (Å²) in [6.07, 6.45) is 0.909. The third-order valence-corrected chi connectivity index (χ3v) is 2.23. The summed E-state index contributed by atoms with van der Waals surface area (Å²) < 4.78 is 6.74. The first-order valence-corrected chi connectivity index (χ1v) is 4.96. The average molecular weight is 232 g/mol. The van der Waals surface area contributed by atoms with Gasteiger partial charge in [0.2, 0.25) is 11.8 Å². The molecular weight excluding hydrogens is 222 g/mol. The zero-order valence-electron chi connectivity index (χ0n) is 7.81. The second-order valence-electron chi connectivity index (χ2n) is 3.19. The number of aliphatic hydroxyl groups excluding tert-OH is 1. The van der Waals surface area contributed by atoms with Gasteiger partial charge in [0.05, 0.1) is 12.7 Å². The van der Waals surface area contributed by atoms with Crippen LogP contribution in [0, 0.1) is 0 Å². The summed E-state index contributed by atoms with van der Waals surface area (Å²) in [5.74, 6) is 0.0220. The number of aliphatic hydroxyl groups is 1. The van der Waals surface area contributed by atoms with Gasteiger partial charge in [-0.2, -0.15) is 5.10 Å². The highest BCUT2D eigenvalue weighted by Crippen LogP contribution is 2.27. The Morgan fingerprint density at radius 2 is 2.67 bits per heavy atom. The van der Waals surface area contributed by atoms with E-state index in [-0.39, 0.29) is 18.4 Å². The van der Waals surface area contributed by atoms with Crippen molar-refractivity contribution in [3.8, 4) is 5.88 Å². The zero-order valence-corrected chi connectivity index (χ0v) is 8.57. The van der Waals surface area contributed by atoms with Crippen LogP contribution in [0.1, 0.15) is 0 Å². The Labute approximate surface area is 90.8 Å². The fraction of sp³-hybridized carbons (Fsp3) is 0.500. The van der Waals surface area contributed by atoms with Crippen LogP contribution in [0.2, 0.25) is 0 Å². The molecule has 1 aromatic heterocycles. The lowest BCUT2D eigenvalue weighted by atomic mass is 10.3. The number of hydrogen-bond donors (Lipinski definition) is 2. The molecule has 0 saturated heterocycles. The second kappa shape index (κ2) is 4.08. The van der Waals surface area contributed by atoms with Gasteiger partial charge in [0, 0.05) is 0 Å². The maximum Gasteiger partial charge on any atom is 0.239 e. The van der Waals surface area contributed by atoms with Crippen LogP contribution >= 0.6 is 11.6 Å². The molecule has 1 aliphatic heterocycles. The van der Waals surface area contributed by atoms with Gasteiger partial charge in [-0.15, -0.1) is 11.6 Å². The zero-order chi connectivity index (χ0) is 10.8. The van der Waals surface area contributed by atoms with Crippen LogP contribution in [0.3, 0.4) is 0 Å². The molecular formula is C8H10ClN3O3. The van der Waals surface area contributed by atoms with E-state index in [1.165, 1.54) is 10.9 Å². The number of anilines is 1. The summed E-state index contributed by atoms with van der Waals surface area (Å²) >= 11 is 5.36. The Kier molecular flexibility index (Phi) is 2.79. The third kappa shape index (κ3) is 2.05. The maximum atomic E-state index is 11.0. The van der Waals surface area contributed by atoms with E-state index in [1.54, 1.807) is 0 Å². The molecule has 82 valence electrons. The number of halogens is 1. The number of nitrogens with one attached hydrogen (secondary N) is 1. The van der Waals surface area contributed by atoms with Crippen molar-refractivity contribution in [2.24, 2.45) is 0 Å². The summed E-state index contributed by atoms with van der Waals surface area (Å²) in [7, 11) is 0. The topological polar surface area (TPSA) is 76.4 Å². The standard InChI is InChI=1S/C8H10ClN3O3/c9-1-7(14)11-6-2-10-12-3-5(13)4-15-8(6)12/h2,5,13H,1,3-4H2,(H,11,14). The highest BCUT2D eigenvalue weighted by molar-refractivity contribution is 6.29. The summed E-state index contributed by atoms with van der Waals surface area (Å²) in [4.78, 5) is 11.0. The summed E-state index contributed by atoms with van der Waals surface area (Å²) in [5.41, 5.74) is 0.479. The number of rotatable bonds is 2. The third-order valence-electron chi connectivity index (χ3n) is 1.98. The second-order valence-corrected chi connectivity index (χ2v) is 3.46. The highest BCUT2D eigenvalue weighted by atomic mass is 35.5. The SMILES string of the molecule is O=C(CCl)Nc1cnn2c1OCC(O)C2. The molecule has 1 atom stereocenters. The quantitative estimate of drug-likeness (QED) is 0.692. The normalized spacial score (nSPS) is 19.2. The Hall–Kier alpha value is -1.27. The maximum absolute atomic E-state index is 11.0. The number of carbonyl (C=O) groups excluding carboxylic acids is 1. The molecule has 0 bridgehead atoms. The predicted molar refractivity (Wildman–Crippen MR) is 53.1 cm³/mol. The average Bonchev–Trinajstić information content (AvgIpc) is 2.60. The van der Waals surface area contributed by atoms with E-state index in [2.05, 4.69) is 10.4 Å². The van der Waals surface area contributed by atoms with E-state index in [0.717, 1.165) is 0 Å². The smallest absolute Gasteiger partial charge is 0.239 e. The first-order chi connectivity index (χ1) is 7.20. The van der Waals surface area contributed by atoms with Crippen molar-refractivity contribution in [2.45, 2.75) is 12.6 Å². The molecule has 2 rings (SSSR count). The van der Waals surface area contributed by atoms with Crippen LogP contribution in [-0.2, 0) is 11.3 Å². The van der Waals surface area contributed by atoms with Crippen LogP contribution < -0.4 is 10.1 Å². The van der Waals surface area contributed by atoms with Gasteiger partial charge in [-0.3, -0.25) is 4.79 Å². The van der Waals surface area contributed by atoms with Crippen LogP contribution in [-0.4, -0.2) is 39.4 Å². The summed E-state index contributed by atoms with van der Waals surface area (Å²) in [6, 6.07) is 0. The fourth-order valence-electron chi connectivity index (χ4n) is 1.35. The fourth-order valence-corrected chi connectivity index (χ4v) is 1.42. The van der Waals surface area contributed by atoms with Crippen LogP contribution in [0.5, 0.6) is 5.88 Å². The molecule has 0 aliphatic carbocycles. The molecule has 1 aliphatic rings. The first kappa shape index (κ1) is 10.3. The van der Waals surface area contributed by atoms with E-state index in [1.807, 2.05) is 0 Å². The van der Waals surface area contributed by atoms with Crippen LogP contribution in [0.15, 0.2) is 6.20 Å². The van der Waals surface area contributed by atoms with Gasteiger partial charge in [0.15, 0.2) is 0 Å². The monoisotopic (exact) mass is 231 g/mol. The minimum atomic E-state index is -0.561. The number of ether oxygens (including phenoxy) is 1. The molecule has 1 amide bonds. The molecule has 0 fully saturated rings. The van der Waals surface area contributed by atoms with Crippen molar-refractivity contribution in [3.05, 3.63) is 6.20 Å². The molecule has 6 nitrogen and oxygen atoms in total. The van der Waals surface area contributed by atoms with E-state index in [0.29, 0.717) is 18.1 Å². The lowest BCUT2D eigenvalue weighted by molar-refractivity contribution is -0.113. The van der Waals surface area contributed by atoms with Crippen molar-refractivity contribution < 1.29 is 14.6 Å². The molecule has 0 aromatic carbocycles. The van der Waals surface area contributed by atoms with Gasteiger partial charge in [-0.05, 0) is 0 Å². The molecule has 7 heteroatoms. The highest BCUT2D eigenvalue weighted by Gasteiger charge is 2.22. The number of nitrogens with zero attached hydrogens (tertiary/aromatic N) is 2. The number of fused-ring (bicyclic) bond motifs is 1. The van der Waals surface area contributed by atoms with Crippen molar-refractivity contribution in [1.82, 2.24) is 9.78 Å². The lowest BCUT2D eigenvalue weighted by Crippen LogP contribution is -2.30. The molecule has 0 saturated carbocycles. The van der Waals surface area contributed by atoms with E-state index >= 15 is 0 Å². The van der Waals surface area contributed by atoms with Crippen molar-refractivity contribution in [1.29, 1.82) is 0 Å². The van der Waals surface area contributed by atoms with E-state index in [9.17, 15) is 9.90 Å². The largest absolute Gasteiger partial charge is 0.474 e. The van der Waals surface area contributed by atoms with Crippen molar-refractivity contribution in [2.75, 3.05) is 17.8 Å². The number of carbonyl (C=O) groups is 1. The Morgan fingerprint density at radius 3 is 3.40 bits per heavy atom. The number of amides is 1. The minimum Gasteiger partial charge on any atom is -0.474 e. The van der Waals surface area contributed by atoms with E-state index < -0.39 is 6.10 Å². The van der Waals surface area contributed by atoms with Gasteiger partial charge < -0.3 is 15.2 Å². The summed E-state index contributed by atoms with van der Waals surface area (Å²) in [5, 5.41) is 15.8. The molecule has 0 spiro atoms. The number of hydrogen-bond acceptors (Lipinski definition) is 4. The van der Waals surface area contributed by atoms with Gasteiger partial charge in [0.25, 0.3) is 0 Å². The molecule has 2 heterocycles. The number of alkyl halides is 1. The lowest BCUT2D eigenvalue weighted by Gasteiger charge is -2.20. The van der Waals surface area contributed by atoms with Crippen LogP contribution in [0.25, 0.3) is 0 Å². The minimum absolute atomic E-state index is 0.118. The van der Waals surface area contributed by atoms with Gasteiger partial charge in [0.1, 0.15) is 24.3 Å². The molecule has 0 radical (unpaired) electrons. The van der Waals surface area contributed by atoms with Crippen molar-refractivity contribution >= 4 is 23.2 Å². The van der Waals surface area contributed by atoms with Gasteiger partial charge in [-0.25, -0.2) is 4.68 Å². The first-order valence-electron chi connectivity index (χ1n) is 4.43. The Morgan fingerprint density at radius 1 is 1.87 bits per heavy atom. The molecule has 1 aromatic rings. The van der Waals surface area contributed by atoms with E-state index in [4.69, 9.17) is 16.3 Å².